The number of amides is 1. The minimum Gasteiger partial charge on any atom is -0.310 e. The molecule has 0 unspecified atom stereocenters. The molecule has 148 valence electrons. The second-order valence-electron chi connectivity index (χ2n) is 6.85. The number of benzene rings is 1. The van der Waals surface area contributed by atoms with Gasteiger partial charge in [0.1, 0.15) is 10.0 Å². The summed E-state index contributed by atoms with van der Waals surface area (Å²) in [5, 5.41) is 12.6. The molecule has 0 aliphatic heterocycles. The van der Waals surface area contributed by atoms with Gasteiger partial charge >= 0.3 is 0 Å². The highest BCUT2D eigenvalue weighted by Gasteiger charge is 2.17. The van der Waals surface area contributed by atoms with Gasteiger partial charge in [-0.05, 0) is 37.1 Å². The number of sulfonamides is 1. The molecule has 0 spiro atoms. The van der Waals surface area contributed by atoms with Gasteiger partial charge in [0.2, 0.25) is 15.9 Å². The zero-order chi connectivity index (χ0) is 20.5. The maximum absolute atomic E-state index is 12.5. The van der Waals surface area contributed by atoms with E-state index in [1.54, 1.807) is 10.7 Å². The fraction of sp³-hybridized carbons (Fsp3) is 0.263. The van der Waals surface area contributed by atoms with Crippen LogP contribution in [-0.2, 0) is 21.2 Å². The number of hydrogen-bond donors (Lipinski definition) is 2. The van der Waals surface area contributed by atoms with Crippen LogP contribution in [0.25, 0.3) is 5.69 Å². The van der Waals surface area contributed by atoms with Crippen molar-refractivity contribution in [1.29, 1.82) is 0 Å². The smallest absolute Gasteiger partial charge is 0.247 e. The number of carbonyl (C=O) groups excluding carboxylic acids is 1. The van der Waals surface area contributed by atoms with E-state index < -0.39 is 10.0 Å². The fourth-order valence-electron chi connectivity index (χ4n) is 2.60. The molecule has 0 bridgehead atoms. The van der Waals surface area contributed by atoms with Crippen molar-refractivity contribution < 1.29 is 13.2 Å². The highest BCUT2D eigenvalue weighted by atomic mass is 32.2. The zero-order valence-corrected chi connectivity index (χ0v) is 17.5. The lowest BCUT2D eigenvalue weighted by Crippen LogP contribution is -2.16. The van der Waals surface area contributed by atoms with E-state index in [1.165, 1.54) is 6.07 Å². The Morgan fingerprint density at radius 2 is 1.89 bits per heavy atom. The number of nitrogens with two attached hydrogens (primary N) is 1. The summed E-state index contributed by atoms with van der Waals surface area (Å²) in [7, 11) is -3.76. The zero-order valence-electron chi connectivity index (χ0n) is 15.8. The molecule has 28 heavy (non-hydrogen) atoms. The number of thiophene rings is 1. The molecule has 0 saturated heterocycles. The van der Waals surface area contributed by atoms with Crippen LogP contribution in [0.1, 0.15) is 35.9 Å². The Balaban J connectivity index is 1.83. The summed E-state index contributed by atoms with van der Waals surface area (Å²) in [5.74, 6) is 0.518. The number of anilines is 1. The molecule has 0 saturated carbocycles. The molecular formula is C19H22N4O3S2. The van der Waals surface area contributed by atoms with Gasteiger partial charge in [-0.15, -0.1) is 11.3 Å². The van der Waals surface area contributed by atoms with E-state index in [2.05, 4.69) is 10.4 Å². The third-order valence-corrected chi connectivity index (χ3v) is 6.64. The Labute approximate surface area is 168 Å². The SMILES string of the molecule is Cc1ccc(-n2nc(C(C)C)cc2NC(=O)Cc2ccc(S(N)(=O)=O)s2)cc1. The molecular weight excluding hydrogens is 396 g/mol. The number of carbonyl (C=O) groups is 1. The first kappa shape index (κ1) is 20.2. The number of nitrogens with one attached hydrogen (secondary N) is 1. The van der Waals surface area contributed by atoms with Crippen molar-refractivity contribution in [2.75, 3.05) is 5.32 Å². The summed E-state index contributed by atoms with van der Waals surface area (Å²) in [5.41, 5.74) is 2.85. The van der Waals surface area contributed by atoms with E-state index in [1.807, 2.05) is 51.1 Å². The van der Waals surface area contributed by atoms with E-state index in [4.69, 9.17) is 5.14 Å². The van der Waals surface area contributed by atoms with Gasteiger partial charge < -0.3 is 5.32 Å². The lowest BCUT2D eigenvalue weighted by atomic mass is 10.1. The molecule has 0 aliphatic carbocycles. The first-order valence-corrected chi connectivity index (χ1v) is 11.1. The van der Waals surface area contributed by atoms with Crippen LogP contribution in [-0.4, -0.2) is 24.1 Å². The Kier molecular flexibility index (Phi) is 5.69. The molecule has 7 nitrogen and oxygen atoms in total. The summed E-state index contributed by atoms with van der Waals surface area (Å²) in [6.07, 6.45) is 0.0519. The molecule has 9 heteroatoms. The van der Waals surface area contributed by atoms with E-state index >= 15 is 0 Å². The quantitative estimate of drug-likeness (QED) is 0.641. The van der Waals surface area contributed by atoms with Gasteiger partial charge in [0.25, 0.3) is 0 Å². The topological polar surface area (TPSA) is 107 Å². The summed E-state index contributed by atoms with van der Waals surface area (Å²) in [6, 6.07) is 12.7. The van der Waals surface area contributed by atoms with Crippen molar-refractivity contribution in [3.8, 4) is 5.69 Å². The van der Waals surface area contributed by atoms with E-state index in [-0.39, 0.29) is 22.5 Å². The first-order chi connectivity index (χ1) is 13.1. The van der Waals surface area contributed by atoms with Crippen molar-refractivity contribution in [1.82, 2.24) is 9.78 Å². The van der Waals surface area contributed by atoms with Gasteiger partial charge in [0.05, 0.1) is 17.8 Å². The number of hydrogen-bond acceptors (Lipinski definition) is 5. The third kappa shape index (κ3) is 4.67. The van der Waals surface area contributed by atoms with Gasteiger partial charge in [0.15, 0.2) is 0 Å². The second kappa shape index (κ2) is 7.86. The lowest BCUT2D eigenvalue weighted by Gasteiger charge is -2.09. The number of aryl methyl sites for hydroxylation is 1. The third-order valence-electron chi connectivity index (χ3n) is 4.12. The van der Waals surface area contributed by atoms with Crippen molar-refractivity contribution >= 4 is 33.1 Å². The average Bonchev–Trinajstić information content (AvgIpc) is 3.22. The Morgan fingerprint density at radius 1 is 1.21 bits per heavy atom. The molecule has 0 fully saturated rings. The van der Waals surface area contributed by atoms with Crippen LogP contribution in [0.2, 0.25) is 0 Å². The predicted molar refractivity (Wildman–Crippen MR) is 110 cm³/mol. The minimum atomic E-state index is -3.76. The van der Waals surface area contributed by atoms with Crippen molar-refractivity contribution in [3.63, 3.8) is 0 Å². The molecule has 3 aromatic rings. The summed E-state index contributed by atoms with van der Waals surface area (Å²) < 4.78 is 24.5. The summed E-state index contributed by atoms with van der Waals surface area (Å²) in [4.78, 5) is 13.1. The predicted octanol–water partition coefficient (Wildman–Crippen LogP) is 3.19. The van der Waals surface area contributed by atoms with E-state index in [0.29, 0.717) is 10.7 Å². The lowest BCUT2D eigenvalue weighted by molar-refractivity contribution is -0.115. The van der Waals surface area contributed by atoms with Crippen LogP contribution in [0, 0.1) is 6.92 Å². The van der Waals surface area contributed by atoms with Crippen molar-refractivity contribution in [3.05, 3.63) is 58.6 Å². The summed E-state index contributed by atoms with van der Waals surface area (Å²) in [6.45, 7) is 6.08. The Hall–Kier alpha value is -2.49. The molecule has 2 aromatic heterocycles. The molecule has 3 rings (SSSR count). The molecule has 0 radical (unpaired) electrons. The fourth-order valence-corrected chi connectivity index (χ4v) is 4.38. The van der Waals surface area contributed by atoms with Crippen LogP contribution in [0.4, 0.5) is 5.82 Å². The van der Waals surface area contributed by atoms with Crippen LogP contribution < -0.4 is 10.5 Å². The molecule has 2 heterocycles. The van der Waals surface area contributed by atoms with Crippen LogP contribution in [0.15, 0.2) is 46.7 Å². The van der Waals surface area contributed by atoms with Crippen molar-refractivity contribution in [2.45, 2.75) is 37.3 Å². The summed E-state index contributed by atoms with van der Waals surface area (Å²) >= 11 is 0.995. The van der Waals surface area contributed by atoms with E-state index in [9.17, 15) is 13.2 Å². The maximum atomic E-state index is 12.5. The van der Waals surface area contributed by atoms with Crippen LogP contribution >= 0.6 is 11.3 Å². The van der Waals surface area contributed by atoms with Gasteiger partial charge in [-0.3, -0.25) is 4.79 Å². The minimum absolute atomic E-state index is 0.0436. The Morgan fingerprint density at radius 3 is 2.46 bits per heavy atom. The largest absolute Gasteiger partial charge is 0.310 e. The maximum Gasteiger partial charge on any atom is 0.247 e. The van der Waals surface area contributed by atoms with Crippen molar-refractivity contribution in [2.24, 2.45) is 5.14 Å². The standard InChI is InChI=1S/C19H22N4O3S2/c1-12(2)16-11-17(23(22-16)14-6-4-13(3)5-7-14)21-18(24)10-15-8-9-19(27-15)28(20,25)26/h4-9,11-12H,10H2,1-3H3,(H,21,24)(H2,20,25,26). The van der Waals surface area contributed by atoms with Gasteiger partial charge in [0, 0.05) is 10.9 Å². The number of nitrogens with zero attached hydrogens (tertiary/aromatic N) is 2. The van der Waals surface area contributed by atoms with Crippen LogP contribution in [0.5, 0.6) is 0 Å². The Bertz CT molecular complexity index is 1100. The number of primary sulfonamides is 1. The molecule has 0 aliphatic rings. The molecule has 1 aromatic carbocycles. The average molecular weight is 419 g/mol. The highest BCUT2D eigenvalue weighted by Crippen LogP contribution is 2.24. The molecule has 1 amide bonds. The molecule has 3 N–H and O–H groups in total. The number of aromatic nitrogens is 2. The number of rotatable bonds is 6. The van der Waals surface area contributed by atoms with Gasteiger partial charge in [-0.2, -0.15) is 5.10 Å². The normalized spacial score (nSPS) is 11.8. The van der Waals surface area contributed by atoms with E-state index in [0.717, 1.165) is 28.3 Å². The molecule has 0 atom stereocenters. The monoisotopic (exact) mass is 418 g/mol. The van der Waals surface area contributed by atoms with Gasteiger partial charge in [-0.25, -0.2) is 18.2 Å². The van der Waals surface area contributed by atoms with Crippen LogP contribution in [0.3, 0.4) is 0 Å². The first-order valence-electron chi connectivity index (χ1n) is 8.72. The second-order valence-corrected chi connectivity index (χ2v) is 9.80. The van der Waals surface area contributed by atoms with Gasteiger partial charge in [-0.1, -0.05) is 31.5 Å². The highest BCUT2D eigenvalue weighted by molar-refractivity contribution is 7.91.